The molecule has 4 heteroatoms. The molecule has 2 rings (SSSR count). The van der Waals surface area contributed by atoms with Gasteiger partial charge in [0.25, 0.3) is 0 Å². The lowest BCUT2D eigenvalue weighted by atomic mass is 9.96. The summed E-state index contributed by atoms with van der Waals surface area (Å²) in [6.07, 6.45) is 2.09. The van der Waals surface area contributed by atoms with Gasteiger partial charge in [-0.25, -0.2) is 0 Å². The molecule has 2 aromatic rings. The first kappa shape index (κ1) is 19.8. The summed E-state index contributed by atoms with van der Waals surface area (Å²) in [6, 6.07) is 15.8. The molecule has 140 valence electrons. The van der Waals surface area contributed by atoms with Gasteiger partial charge in [-0.2, -0.15) is 0 Å². The summed E-state index contributed by atoms with van der Waals surface area (Å²) in [5.74, 6) is 2.21. The maximum absolute atomic E-state index is 12.5. The molecule has 0 radical (unpaired) electrons. The highest BCUT2D eigenvalue weighted by Crippen LogP contribution is 2.24. The van der Waals surface area contributed by atoms with E-state index in [4.69, 9.17) is 9.47 Å². The fraction of sp³-hybridized carbons (Fsp3) is 0.409. The quantitative estimate of drug-likeness (QED) is 0.718. The highest BCUT2D eigenvalue weighted by Gasteiger charge is 2.16. The second-order valence-electron chi connectivity index (χ2n) is 6.87. The standard InChI is InChI=1S/C22H29NO3/c1-16(2)15-21(18-8-12-20(26-4)13-9-18)23-22(24)14-7-17-5-10-19(25-3)11-6-17/h5-6,8-13,16,21H,7,14-15H2,1-4H3,(H,23,24)/t21-/m0/s1. The normalized spacial score (nSPS) is 11.9. The molecule has 0 heterocycles. The van der Waals surface area contributed by atoms with Gasteiger partial charge in [0.2, 0.25) is 5.91 Å². The molecule has 0 saturated carbocycles. The molecule has 0 bridgehead atoms. The molecule has 26 heavy (non-hydrogen) atoms. The van der Waals surface area contributed by atoms with Crippen LogP contribution in [0.2, 0.25) is 0 Å². The van der Waals surface area contributed by atoms with Crippen molar-refractivity contribution in [3.63, 3.8) is 0 Å². The molecule has 0 aromatic heterocycles. The third kappa shape index (κ3) is 6.10. The van der Waals surface area contributed by atoms with Gasteiger partial charge in [-0.3, -0.25) is 4.79 Å². The molecule has 0 aliphatic carbocycles. The topological polar surface area (TPSA) is 47.6 Å². The monoisotopic (exact) mass is 355 g/mol. The second-order valence-corrected chi connectivity index (χ2v) is 6.87. The number of amides is 1. The number of carbonyl (C=O) groups excluding carboxylic acids is 1. The third-order valence-electron chi connectivity index (χ3n) is 4.36. The van der Waals surface area contributed by atoms with Crippen molar-refractivity contribution in [3.05, 3.63) is 59.7 Å². The second kappa shape index (κ2) is 9.85. The Labute approximate surface area is 156 Å². The predicted molar refractivity (Wildman–Crippen MR) is 105 cm³/mol. The van der Waals surface area contributed by atoms with Gasteiger partial charge >= 0.3 is 0 Å². The molecule has 4 nitrogen and oxygen atoms in total. The lowest BCUT2D eigenvalue weighted by Crippen LogP contribution is -2.29. The van der Waals surface area contributed by atoms with Crippen molar-refractivity contribution in [2.24, 2.45) is 5.92 Å². The van der Waals surface area contributed by atoms with Crippen LogP contribution in [0.5, 0.6) is 11.5 Å². The van der Waals surface area contributed by atoms with Crippen LogP contribution in [0.25, 0.3) is 0 Å². The number of carbonyl (C=O) groups is 1. The zero-order chi connectivity index (χ0) is 18.9. The molecule has 1 atom stereocenters. The van der Waals surface area contributed by atoms with Gasteiger partial charge in [0.05, 0.1) is 20.3 Å². The van der Waals surface area contributed by atoms with E-state index in [1.807, 2.05) is 48.5 Å². The van der Waals surface area contributed by atoms with Crippen LogP contribution in [-0.4, -0.2) is 20.1 Å². The van der Waals surface area contributed by atoms with Gasteiger partial charge in [-0.15, -0.1) is 0 Å². The van der Waals surface area contributed by atoms with Gasteiger partial charge in [-0.1, -0.05) is 38.1 Å². The van der Waals surface area contributed by atoms with Gasteiger partial charge in [0.1, 0.15) is 11.5 Å². The Kier molecular flexibility index (Phi) is 7.52. The molecule has 1 amide bonds. The van der Waals surface area contributed by atoms with Crippen LogP contribution in [0.1, 0.15) is 43.9 Å². The number of rotatable bonds is 9. The fourth-order valence-electron chi connectivity index (χ4n) is 2.90. The van der Waals surface area contributed by atoms with Crippen molar-refractivity contribution >= 4 is 5.91 Å². The molecular formula is C22H29NO3. The number of methoxy groups -OCH3 is 2. The number of hydrogen-bond donors (Lipinski definition) is 1. The SMILES string of the molecule is COc1ccc(CCC(=O)N[C@@H](CC(C)C)c2ccc(OC)cc2)cc1. The van der Waals surface area contributed by atoms with Crippen LogP contribution >= 0.6 is 0 Å². The Bertz CT molecular complexity index is 678. The van der Waals surface area contributed by atoms with Crippen molar-refractivity contribution in [2.45, 2.75) is 39.2 Å². The Morgan fingerprint density at radius 3 is 1.96 bits per heavy atom. The first-order valence-electron chi connectivity index (χ1n) is 9.08. The maximum Gasteiger partial charge on any atom is 0.220 e. The zero-order valence-electron chi connectivity index (χ0n) is 16.1. The lowest BCUT2D eigenvalue weighted by Gasteiger charge is -2.21. The minimum Gasteiger partial charge on any atom is -0.497 e. The fourth-order valence-corrected chi connectivity index (χ4v) is 2.90. The van der Waals surface area contributed by atoms with Gasteiger partial charge in [-0.05, 0) is 54.2 Å². The van der Waals surface area contributed by atoms with E-state index in [1.54, 1.807) is 14.2 Å². The van der Waals surface area contributed by atoms with Crippen LogP contribution < -0.4 is 14.8 Å². The van der Waals surface area contributed by atoms with Crippen molar-refractivity contribution < 1.29 is 14.3 Å². The minimum absolute atomic E-state index is 0.0178. The first-order valence-corrected chi connectivity index (χ1v) is 9.08. The van der Waals surface area contributed by atoms with Gasteiger partial charge in [0, 0.05) is 6.42 Å². The molecule has 0 aliphatic heterocycles. The first-order chi connectivity index (χ1) is 12.5. The summed E-state index contributed by atoms with van der Waals surface area (Å²) in [7, 11) is 3.30. The molecule has 0 unspecified atom stereocenters. The lowest BCUT2D eigenvalue weighted by molar-refractivity contribution is -0.121. The molecule has 0 spiro atoms. The number of nitrogens with one attached hydrogen (secondary N) is 1. The molecule has 0 aliphatic rings. The largest absolute Gasteiger partial charge is 0.497 e. The Balaban J connectivity index is 1.96. The van der Waals surface area contributed by atoms with Gasteiger partial charge in [0.15, 0.2) is 0 Å². The van der Waals surface area contributed by atoms with Crippen LogP contribution in [0.3, 0.4) is 0 Å². The van der Waals surface area contributed by atoms with E-state index >= 15 is 0 Å². The average molecular weight is 355 g/mol. The van der Waals surface area contributed by atoms with Crippen LogP contribution in [0.15, 0.2) is 48.5 Å². The number of aryl methyl sites for hydroxylation is 1. The average Bonchev–Trinajstić information content (AvgIpc) is 2.66. The highest BCUT2D eigenvalue weighted by atomic mass is 16.5. The molecule has 0 saturated heterocycles. The van der Waals surface area contributed by atoms with Crippen molar-refractivity contribution in [1.82, 2.24) is 5.32 Å². The maximum atomic E-state index is 12.5. The summed E-state index contributed by atoms with van der Waals surface area (Å²) in [5.41, 5.74) is 2.24. The predicted octanol–water partition coefficient (Wildman–Crippen LogP) is 4.54. The Hall–Kier alpha value is -2.49. The zero-order valence-corrected chi connectivity index (χ0v) is 16.1. The van der Waals surface area contributed by atoms with Crippen LogP contribution in [-0.2, 0) is 11.2 Å². The summed E-state index contributed by atoms with van der Waals surface area (Å²) in [6.45, 7) is 4.33. The molecule has 1 N–H and O–H groups in total. The number of benzene rings is 2. The van der Waals surface area contributed by atoms with E-state index in [2.05, 4.69) is 19.2 Å². The smallest absolute Gasteiger partial charge is 0.220 e. The number of hydrogen-bond acceptors (Lipinski definition) is 3. The summed E-state index contributed by atoms with van der Waals surface area (Å²) < 4.78 is 10.4. The summed E-state index contributed by atoms with van der Waals surface area (Å²) in [5, 5.41) is 3.19. The van der Waals surface area contributed by atoms with E-state index in [9.17, 15) is 4.79 Å². The minimum atomic E-state index is 0.0178. The van der Waals surface area contributed by atoms with Crippen molar-refractivity contribution in [2.75, 3.05) is 14.2 Å². The van der Waals surface area contributed by atoms with E-state index in [0.29, 0.717) is 18.8 Å². The van der Waals surface area contributed by atoms with Crippen molar-refractivity contribution in [1.29, 1.82) is 0 Å². The molecule has 0 fully saturated rings. The van der Waals surface area contributed by atoms with Gasteiger partial charge < -0.3 is 14.8 Å². The number of ether oxygens (including phenoxy) is 2. The van der Waals surface area contributed by atoms with E-state index in [-0.39, 0.29) is 11.9 Å². The van der Waals surface area contributed by atoms with E-state index < -0.39 is 0 Å². The Morgan fingerprint density at radius 2 is 1.46 bits per heavy atom. The van der Waals surface area contributed by atoms with E-state index in [0.717, 1.165) is 29.0 Å². The molecule has 2 aromatic carbocycles. The molecular weight excluding hydrogens is 326 g/mol. The summed E-state index contributed by atoms with van der Waals surface area (Å²) >= 11 is 0. The van der Waals surface area contributed by atoms with Crippen LogP contribution in [0.4, 0.5) is 0 Å². The third-order valence-corrected chi connectivity index (χ3v) is 4.36. The Morgan fingerprint density at radius 1 is 0.923 bits per heavy atom. The highest BCUT2D eigenvalue weighted by molar-refractivity contribution is 5.76. The van der Waals surface area contributed by atoms with Crippen molar-refractivity contribution in [3.8, 4) is 11.5 Å². The summed E-state index contributed by atoms with van der Waals surface area (Å²) in [4.78, 5) is 12.5. The van der Waals surface area contributed by atoms with Crippen LogP contribution in [0, 0.1) is 5.92 Å². The van der Waals surface area contributed by atoms with E-state index in [1.165, 1.54) is 0 Å².